The lowest BCUT2D eigenvalue weighted by Gasteiger charge is -2.03. The summed E-state index contributed by atoms with van der Waals surface area (Å²) < 4.78 is 6.35. The molecular weight excluding hydrogens is 284 g/mol. The lowest BCUT2D eigenvalue weighted by atomic mass is 10.2. The van der Waals surface area contributed by atoms with E-state index < -0.39 is 0 Å². The fourth-order valence-electron chi connectivity index (χ4n) is 1.80. The first-order chi connectivity index (χ1) is 8.33. The van der Waals surface area contributed by atoms with Gasteiger partial charge in [0, 0.05) is 16.6 Å². The van der Waals surface area contributed by atoms with Gasteiger partial charge in [0.15, 0.2) is 0 Å². The van der Waals surface area contributed by atoms with E-state index in [-0.39, 0.29) is 6.04 Å². The molecule has 1 saturated heterocycles. The van der Waals surface area contributed by atoms with E-state index in [1.165, 1.54) is 0 Å². The summed E-state index contributed by atoms with van der Waals surface area (Å²) in [6, 6.07) is 8.10. The first kappa shape index (κ1) is 10.9. The number of ether oxygens (including phenoxy) is 1. The van der Waals surface area contributed by atoms with Crippen LogP contribution in [-0.2, 0) is 4.74 Å². The Bertz CT molecular complexity index is 504. The van der Waals surface area contributed by atoms with Gasteiger partial charge in [0.2, 0.25) is 5.82 Å². The minimum atomic E-state index is 0.228. The minimum Gasteiger partial charge on any atom is -0.379 e. The molecule has 2 aromatic rings. The summed E-state index contributed by atoms with van der Waals surface area (Å²) in [6.07, 6.45) is 0.955. The molecule has 0 radical (unpaired) electrons. The highest BCUT2D eigenvalue weighted by Crippen LogP contribution is 2.20. The van der Waals surface area contributed by atoms with Crippen LogP contribution in [0.3, 0.4) is 0 Å². The topological polar surface area (TPSA) is 52.8 Å². The predicted molar refractivity (Wildman–Crippen MR) is 65.4 cm³/mol. The number of tetrazole rings is 1. The van der Waals surface area contributed by atoms with Crippen molar-refractivity contribution in [3.05, 3.63) is 28.7 Å². The van der Waals surface area contributed by atoms with Crippen LogP contribution < -0.4 is 0 Å². The summed E-state index contributed by atoms with van der Waals surface area (Å²) >= 11 is 3.40. The van der Waals surface area contributed by atoms with E-state index in [0.29, 0.717) is 12.4 Å². The number of aromatic nitrogens is 4. The van der Waals surface area contributed by atoms with Crippen molar-refractivity contribution >= 4 is 15.9 Å². The number of hydrogen-bond acceptors (Lipinski definition) is 4. The van der Waals surface area contributed by atoms with Crippen LogP contribution in [-0.4, -0.2) is 33.4 Å². The quantitative estimate of drug-likeness (QED) is 0.851. The molecule has 1 aromatic carbocycles. The van der Waals surface area contributed by atoms with Crippen LogP contribution in [0.4, 0.5) is 0 Å². The Morgan fingerprint density at radius 3 is 2.82 bits per heavy atom. The fourth-order valence-corrected chi connectivity index (χ4v) is 2.06. The van der Waals surface area contributed by atoms with E-state index in [1.807, 2.05) is 24.3 Å². The standard InChI is InChI=1S/C11H11BrN4O/c12-9-3-1-8(2-4-9)11-13-15-16(14-11)10-5-6-17-7-10/h1-4,10H,5-7H2. The molecule has 1 aromatic heterocycles. The number of benzene rings is 1. The van der Waals surface area contributed by atoms with Gasteiger partial charge in [-0.05, 0) is 35.9 Å². The van der Waals surface area contributed by atoms with Crippen molar-refractivity contribution in [3.63, 3.8) is 0 Å². The van der Waals surface area contributed by atoms with Crippen LogP contribution in [0.15, 0.2) is 28.7 Å². The summed E-state index contributed by atoms with van der Waals surface area (Å²) in [7, 11) is 0. The third-order valence-electron chi connectivity index (χ3n) is 2.76. The second kappa shape index (κ2) is 4.54. The van der Waals surface area contributed by atoms with Gasteiger partial charge in [-0.1, -0.05) is 15.9 Å². The zero-order chi connectivity index (χ0) is 11.7. The average Bonchev–Trinajstić information content (AvgIpc) is 3.00. The largest absolute Gasteiger partial charge is 0.379 e. The normalized spacial score (nSPS) is 19.7. The molecule has 0 bridgehead atoms. The van der Waals surface area contributed by atoms with Gasteiger partial charge in [-0.25, -0.2) is 0 Å². The van der Waals surface area contributed by atoms with Gasteiger partial charge in [-0.15, -0.1) is 10.2 Å². The molecule has 1 fully saturated rings. The zero-order valence-corrected chi connectivity index (χ0v) is 10.7. The Balaban J connectivity index is 1.86. The van der Waals surface area contributed by atoms with Crippen LogP contribution in [0, 0.1) is 0 Å². The van der Waals surface area contributed by atoms with Crippen molar-refractivity contribution in [1.82, 2.24) is 20.2 Å². The van der Waals surface area contributed by atoms with Crippen LogP contribution >= 0.6 is 15.9 Å². The monoisotopic (exact) mass is 294 g/mol. The van der Waals surface area contributed by atoms with E-state index in [1.54, 1.807) is 4.80 Å². The van der Waals surface area contributed by atoms with Gasteiger partial charge >= 0.3 is 0 Å². The lowest BCUT2D eigenvalue weighted by molar-refractivity contribution is 0.181. The van der Waals surface area contributed by atoms with Crippen LogP contribution in [0.5, 0.6) is 0 Å². The maximum Gasteiger partial charge on any atom is 0.204 e. The van der Waals surface area contributed by atoms with Crippen LogP contribution in [0.25, 0.3) is 11.4 Å². The predicted octanol–water partition coefficient (Wildman–Crippen LogP) is 2.06. The molecule has 6 heteroatoms. The Morgan fingerprint density at radius 1 is 1.29 bits per heavy atom. The molecule has 0 N–H and O–H groups in total. The second-order valence-electron chi connectivity index (χ2n) is 3.96. The van der Waals surface area contributed by atoms with Gasteiger partial charge in [0.05, 0.1) is 12.6 Å². The van der Waals surface area contributed by atoms with Gasteiger partial charge in [0.1, 0.15) is 0 Å². The molecule has 88 valence electrons. The molecule has 0 spiro atoms. The Kier molecular flexibility index (Phi) is 2.90. The van der Waals surface area contributed by atoms with Crippen molar-refractivity contribution in [2.75, 3.05) is 13.2 Å². The lowest BCUT2D eigenvalue weighted by Crippen LogP contribution is -2.12. The Morgan fingerprint density at radius 2 is 2.12 bits per heavy atom. The molecule has 17 heavy (non-hydrogen) atoms. The molecule has 1 aliphatic rings. The third kappa shape index (κ3) is 2.23. The molecule has 3 rings (SSSR count). The van der Waals surface area contributed by atoms with E-state index in [2.05, 4.69) is 31.3 Å². The summed E-state index contributed by atoms with van der Waals surface area (Å²) in [4.78, 5) is 1.66. The zero-order valence-electron chi connectivity index (χ0n) is 9.08. The van der Waals surface area contributed by atoms with Crippen molar-refractivity contribution in [2.45, 2.75) is 12.5 Å². The van der Waals surface area contributed by atoms with Crippen molar-refractivity contribution in [2.24, 2.45) is 0 Å². The summed E-state index contributed by atoms with van der Waals surface area (Å²) in [5.74, 6) is 0.657. The third-order valence-corrected chi connectivity index (χ3v) is 3.29. The maximum atomic E-state index is 5.31. The summed E-state index contributed by atoms with van der Waals surface area (Å²) in [6.45, 7) is 1.45. The van der Waals surface area contributed by atoms with Crippen molar-refractivity contribution < 1.29 is 4.74 Å². The molecule has 1 atom stereocenters. The van der Waals surface area contributed by atoms with E-state index in [0.717, 1.165) is 23.1 Å². The van der Waals surface area contributed by atoms with Crippen molar-refractivity contribution in [1.29, 1.82) is 0 Å². The van der Waals surface area contributed by atoms with Gasteiger partial charge in [0.25, 0.3) is 0 Å². The fraction of sp³-hybridized carbons (Fsp3) is 0.364. The Hall–Kier alpha value is -1.27. The average molecular weight is 295 g/mol. The highest BCUT2D eigenvalue weighted by atomic mass is 79.9. The SMILES string of the molecule is Brc1ccc(-c2nnn(C3CCOC3)n2)cc1. The van der Waals surface area contributed by atoms with E-state index >= 15 is 0 Å². The summed E-state index contributed by atoms with van der Waals surface area (Å²) in [5, 5.41) is 12.5. The van der Waals surface area contributed by atoms with Crippen molar-refractivity contribution in [3.8, 4) is 11.4 Å². The van der Waals surface area contributed by atoms with E-state index in [4.69, 9.17) is 4.74 Å². The van der Waals surface area contributed by atoms with Gasteiger partial charge in [-0.3, -0.25) is 0 Å². The van der Waals surface area contributed by atoms with Crippen LogP contribution in [0.1, 0.15) is 12.5 Å². The second-order valence-corrected chi connectivity index (χ2v) is 4.87. The number of nitrogens with zero attached hydrogens (tertiary/aromatic N) is 4. The molecule has 5 nitrogen and oxygen atoms in total. The molecule has 2 heterocycles. The number of hydrogen-bond donors (Lipinski definition) is 0. The first-order valence-corrected chi connectivity index (χ1v) is 6.25. The van der Waals surface area contributed by atoms with E-state index in [9.17, 15) is 0 Å². The van der Waals surface area contributed by atoms with Crippen LogP contribution in [0.2, 0.25) is 0 Å². The highest BCUT2D eigenvalue weighted by Gasteiger charge is 2.20. The van der Waals surface area contributed by atoms with Gasteiger partial charge in [-0.2, -0.15) is 4.80 Å². The Labute approximate surface area is 107 Å². The number of rotatable bonds is 2. The first-order valence-electron chi connectivity index (χ1n) is 5.46. The molecule has 1 unspecified atom stereocenters. The molecule has 0 aliphatic carbocycles. The highest BCUT2D eigenvalue weighted by molar-refractivity contribution is 9.10. The molecular formula is C11H11BrN4O. The molecule has 0 amide bonds. The maximum absolute atomic E-state index is 5.31. The minimum absolute atomic E-state index is 0.228. The number of halogens is 1. The molecule has 1 aliphatic heterocycles. The smallest absolute Gasteiger partial charge is 0.204 e. The molecule has 0 saturated carbocycles. The van der Waals surface area contributed by atoms with Gasteiger partial charge < -0.3 is 4.74 Å². The summed E-state index contributed by atoms with van der Waals surface area (Å²) in [5.41, 5.74) is 0.971.